The van der Waals surface area contributed by atoms with Crippen LogP contribution in [-0.2, 0) is 32.6 Å². The Morgan fingerprint density at radius 2 is 1.52 bits per heavy atom. The molecule has 0 fully saturated rings. The van der Waals surface area contributed by atoms with Gasteiger partial charge in [-0.15, -0.1) is 0 Å². The number of anilines is 1. The van der Waals surface area contributed by atoms with Crippen molar-refractivity contribution in [3.05, 3.63) is 124 Å². The number of carbonyl (C=O) groups is 2. The molecule has 4 aromatic rings. The third kappa shape index (κ3) is 7.78. The molecule has 0 unspecified atom stereocenters. The number of benzene rings is 4. The summed E-state index contributed by atoms with van der Waals surface area (Å²) in [4.78, 5) is 29.3. The first-order valence-corrected chi connectivity index (χ1v) is 15.9. The largest absolute Gasteiger partial charge is 0.495 e. The normalized spacial score (nSPS) is 11.8. The molecule has 0 heterocycles. The van der Waals surface area contributed by atoms with Gasteiger partial charge in [-0.1, -0.05) is 77.8 Å². The minimum atomic E-state index is -4.25. The van der Waals surface area contributed by atoms with Crippen molar-refractivity contribution in [2.24, 2.45) is 0 Å². The van der Waals surface area contributed by atoms with Gasteiger partial charge in [0, 0.05) is 25.0 Å². The summed E-state index contributed by atoms with van der Waals surface area (Å²) >= 11 is 6.27. The topological polar surface area (TPSA) is 96.0 Å². The van der Waals surface area contributed by atoms with Crippen LogP contribution in [0.25, 0.3) is 0 Å². The minimum Gasteiger partial charge on any atom is -0.495 e. The number of hydrogen-bond donors (Lipinski definition) is 1. The molecule has 0 aliphatic rings. The average Bonchev–Trinajstić information content (AvgIpc) is 3.01. The van der Waals surface area contributed by atoms with Gasteiger partial charge in [0.15, 0.2) is 0 Å². The summed E-state index contributed by atoms with van der Waals surface area (Å²) < 4.78 is 35.1. The third-order valence-corrected chi connectivity index (χ3v) is 9.26. The first-order chi connectivity index (χ1) is 21.0. The summed E-state index contributed by atoms with van der Waals surface area (Å²) in [6.07, 6.45) is 0.214. The van der Waals surface area contributed by atoms with Gasteiger partial charge in [0.1, 0.15) is 18.3 Å². The summed E-state index contributed by atoms with van der Waals surface area (Å²) in [7, 11) is -1.30. The number of methoxy groups -OCH3 is 1. The zero-order valence-corrected chi connectivity index (χ0v) is 26.7. The van der Waals surface area contributed by atoms with Crippen LogP contribution in [0.2, 0.25) is 5.02 Å². The van der Waals surface area contributed by atoms with Gasteiger partial charge in [-0.25, -0.2) is 8.42 Å². The molecule has 0 aliphatic heterocycles. The summed E-state index contributed by atoms with van der Waals surface area (Å²) in [5, 5.41) is 3.15. The number of ether oxygens (including phenoxy) is 1. The minimum absolute atomic E-state index is 0.0213. The fourth-order valence-electron chi connectivity index (χ4n) is 4.90. The third-order valence-electron chi connectivity index (χ3n) is 7.25. The van der Waals surface area contributed by atoms with E-state index in [1.54, 1.807) is 54.6 Å². The van der Waals surface area contributed by atoms with E-state index in [-0.39, 0.29) is 35.2 Å². The number of hydrogen-bond acceptors (Lipinski definition) is 5. The quantitative estimate of drug-likeness (QED) is 0.221. The van der Waals surface area contributed by atoms with Crippen molar-refractivity contribution in [1.82, 2.24) is 10.2 Å². The molecule has 4 rings (SSSR count). The van der Waals surface area contributed by atoms with Crippen LogP contribution in [0.3, 0.4) is 0 Å². The van der Waals surface area contributed by atoms with Crippen molar-refractivity contribution in [3.8, 4) is 5.75 Å². The van der Waals surface area contributed by atoms with Crippen LogP contribution in [-0.4, -0.2) is 51.9 Å². The first-order valence-electron chi connectivity index (χ1n) is 14.1. The Labute approximate surface area is 264 Å². The second-order valence-electron chi connectivity index (χ2n) is 10.5. The van der Waals surface area contributed by atoms with E-state index in [9.17, 15) is 18.0 Å². The predicted molar refractivity (Wildman–Crippen MR) is 173 cm³/mol. The summed E-state index contributed by atoms with van der Waals surface area (Å²) in [5.74, 6) is -0.674. The molecule has 230 valence electrons. The SMILES string of the molecule is CNC(=O)[C@@H](Cc1ccccc1)N(Cc1cccc(Cl)c1)C(=O)CN(c1cc(C)ccc1OC)S(=O)(=O)c1ccc(C)cc1. The Morgan fingerprint density at radius 1 is 0.864 bits per heavy atom. The molecule has 0 bridgehead atoms. The van der Waals surface area contributed by atoms with Crippen molar-refractivity contribution >= 4 is 39.1 Å². The van der Waals surface area contributed by atoms with Gasteiger partial charge in [0.25, 0.3) is 10.0 Å². The Kier molecular flexibility index (Phi) is 10.7. The van der Waals surface area contributed by atoms with E-state index in [1.807, 2.05) is 44.2 Å². The fraction of sp³-hybridized carbons (Fsp3) is 0.235. The Balaban J connectivity index is 1.84. The molecule has 0 aromatic heterocycles. The van der Waals surface area contributed by atoms with Gasteiger partial charge in [0.05, 0.1) is 17.7 Å². The van der Waals surface area contributed by atoms with Gasteiger partial charge >= 0.3 is 0 Å². The smallest absolute Gasteiger partial charge is 0.264 e. The van der Waals surface area contributed by atoms with Crippen molar-refractivity contribution < 1.29 is 22.7 Å². The lowest BCUT2D eigenvalue weighted by Gasteiger charge is -2.34. The molecule has 0 radical (unpaired) electrons. The number of halogens is 1. The maximum Gasteiger partial charge on any atom is 0.264 e. The number of sulfonamides is 1. The lowest BCUT2D eigenvalue weighted by molar-refractivity contribution is -0.139. The lowest BCUT2D eigenvalue weighted by Crippen LogP contribution is -2.53. The second kappa shape index (κ2) is 14.4. The van der Waals surface area contributed by atoms with Gasteiger partial charge in [-0.2, -0.15) is 0 Å². The van der Waals surface area contributed by atoms with Crippen LogP contribution < -0.4 is 14.4 Å². The standard InChI is InChI=1S/C34H36ClN3O5S/c1-24-13-16-29(17-14-24)44(41,42)38(30-19-25(2)15-18-32(30)43-4)23-33(39)37(22-27-11-8-12-28(35)20-27)31(34(40)36-3)21-26-9-6-5-7-10-26/h5-20,31H,21-23H2,1-4H3,(H,36,40)/t31-/m1/s1. The molecule has 0 saturated heterocycles. The maximum absolute atomic E-state index is 14.5. The van der Waals surface area contributed by atoms with Crippen molar-refractivity contribution in [2.45, 2.75) is 37.8 Å². The number of nitrogens with zero attached hydrogens (tertiary/aromatic N) is 2. The first kappa shape index (κ1) is 32.6. The molecule has 4 aromatic carbocycles. The molecule has 0 saturated carbocycles. The van der Waals surface area contributed by atoms with Gasteiger partial charge in [0.2, 0.25) is 11.8 Å². The Hall–Kier alpha value is -4.34. The molecule has 8 nitrogen and oxygen atoms in total. The van der Waals surface area contributed by atoms with E-state index in [0.717, 1.165) is 21.0 Å². The molecular formula is C34H36ClN3O5S. The number of likely N-dealkylation sites (N-methyl/N-ethyl adjacent to an activating group) is 1. The van der Waals surface area contributed by atoms with Crippen molar-refractivity contribution in [3.63, 3.8) is 0 Å². The van der Waals surface area contributed by atoms with Crippen LogP contribution in [0.15, 0.2) is 102 Å². The van der Waals surface area contributed by atoms with Crippen molar-refractivity contribution in [2.75, 3.05) is 25.0 Å². The highest BCUT2D eigenvalue weighted by Gasteiger charge is 2.35. The number of carbonyl (C=O) groups excluding carboxylic acids is 2. The zero-order chi connectivity index (χ0) is 31.9. The molecule has 44 heavy (non-hydrogen) atoms. The van der Waals surface area contributed by atoms with Crippen LogP contribution >= 0.6 is 11.6 Å². The number of aryl methyl sites for hydroxylation is 2. The van der Waals surface area contributed by atoms with Crippen molar-refractivity contribution in [1.29, 1.82) is 0 Å². The monoisotopic (exact) mass is 633 g/mol. The Bertz CT molecular complexity index is 1710. The molecule has 0 aliphatic carbocycles. The lowest BCUT2D eigenvalue weighted by atomic mass is 10.0. The van der Waals surface area contributed by atoms with Gasteiger partial charge < -0.3 is 15.0 Å². The predicted octanol–water partition coefficient (Wildman–Crippen LogP) is 5.55. The molecule has 10 heteroatoms. The molecule has 1 N–H and O–H groups in total. The van der Waals surface area contributed by atoms with Crippen LogP contribution in [0.1, 0.15) is 22.3 Å². The van der Waals surface area contributed by atoms with E-state index in [0.29, 0.717) is 10.6 Å². The summed E-state index contributed by atoms with van der Waals surface area (Å²) in [5.41, 5.74) is 3.41. The van der Waals surface area contributed by atoms with E-state index >= 15 is 0 Å². The van der Waals surface area contributed by atoms with Gasteiger partial charge in [-0.3, -0.25) is 13.9 Å². The van der Waals surface area contributed by atoms with E-state index < -0.39 is 28.5 Å². The average molecular weight is 634 g/mol. The highest BCUT2D eigenvalue weighted by Crippen LogP contribution is 2.34. The number of amides is 2. The summed E-state index contributed by atoms with van der Waals surface area (Å²) in [6, 6.07) is 27.0. The summed E-state index contributed by atoms with van der Waals surface area (Å²) in [6.45, 7) is 3.13. The number of rotatable bonds is 12. The zero-order valence-electron chi connectivity index (χ0n) is 25.2. The molecule has 0 spiro atoms. The Morgan fingerprint density at radius 3 is 2.16 bits per heavy atom. The van der Waals surface area contributed by atoms with Crippen LogP contribution in [0.5, 0.6) is 5.75 Å². The van der Waals surface area contributed by atoms with E-state index in [2.05, 4.69) is 5.32 Å². The second-order valence-corrected chi connectivity index (χ2v) is 12.8. The maximum atomic E-state index is 14.5. The number of nitrogens with one attached hydrogen (secondary N) is 1. The fourth-order valence-corrected chi connectivity index (χ4v) is 6.53. The van der Waals surface area contributed by atoms with Crippen LogP contribution in [0.4, 0.5) is 5.69 Å². The van der Waals surface area contributed by atoms with Crippen LogP contribution in [0, 0.1) is 13.8 Å². The highest BCUT2D eigenvalue weighted by atomic mass is 35.5. The molecular weight excluding hydrogens is 598 g/mol. The van der Waals surface area contributed by atoms with E-state index in [1.165, 1.54) is 31.2 Å². The molecule has 2 amide bonds. The molecule has 1 atom stereocenters. The van der Waals surface area contributed by atoms with Gasteiger partial charge in [-0.05, 0) is 66.9 Å². The highest BCUT2D eigenvalue weighted by molar-refractivity contribution is 7.92. The van der Waals surface area contributed by atoms with E-state index in [4.69, 9.17) is 16.3 Å².